The van der Waals surface area contributed by atoms with Crippen molar-refractivity contribution < 1.29 is 27.9 Å². The predicted molar refractivity (Wildman–Crippen MR) is 68.3 cm³/mol. The number of carbonyl (C=O) groups excluding carboxylic acids is 1. The third-order valence-electron chi connectivity index (χ3n) is 2.16. The molecule has 0 spiro atoms. The van der Waals surface area contributed by atoms with Gasteiger partial charge in [0.15, 0.2) is 0 Å². The zero-order chi connectivity index (χ0) is 15.3. The van der Waals surface area contributed by atoms with E-state index in [1.807, 2.05) is 5.32 Å². The lowest BCUT2D eigenvalue weighted by Gasteiger charge is -2.14. The van der Waals surface area contributed by atoms with Crippen molar-refractivity contribution in [1.82, 2.24) is 5.32 Å². The first-order valence-electron chi connectivity index (χ1n) is 5.29. The monoisotopic (exact) mass is 354 g/mol. The van der Waals surface area contributed by atoms with E-state index in [0.29, 0.717) is 4.47 Å². The van der Waals surface area contributed by atoms with Gasteiger partial charge in [0.05, 0.1) is 12.1 Å². The summed E-state index contributed by atoms with van der Waals surface area (Å²) in [6.45, 7) is -1.06. The summed E-state index contributed by atoms with van der Waals surface area (Å²) in [4.78, 5) is 21.5. The second kappa shape index (κ2) is 6.60. The highest BCUT2D eigenvalue weighted by Crippen LogP contribution is 2.36. The second-order valence-corrected chi connectivity index (χ2v) is 4.63. The Morgan fingerprint density at radius 2 is 1.90 bits per heavy atom. The fourth-order valence-corrected chi connectivity index (χ4v) is 1.68. The van der Waals surface area contributed by atoms with Crippen molar-refractivity contribution in [3.63, 3.8) is 0 Å². The van der Waals surface area contributed by atoms with E-state index >= 15 is 0 Å². The van der Waals surface area contributed by atoms with Crippen LogP contribution in [0.3, 0.4) is 0 Å². The highest BCUT2D eigenvalue weighted by Gasteiger charge is 2.33. The maximum atomic E-state index is 12.7. The minimum absolute atomic E-state index is 0.266. The fraction of sp³-hybridized carbons (Fsp3) is 0.273. The number of anilines is 1. The van der Waals surface area contributed by atoms with E-state index in [9.17, 15) is 22.8 Å². The molecular formula is C11H10BrF3N2O3. The highest BCUT2D eigenvalue weighted by atomic mass is 79.9. The molecule has 110 valence electrons. The number of halogens is 4. The number of benzene rings is 1. The van der Waals surface area contributed by atoms with Crippen LogP contribution in [0.4, 0.5) is 18.9 Å². The van der Waals surface area contributed by atoms with Crippen LogP contribution in [0, 0.1) is 0 Å². The van der Waals surface area contributed by atoms with E-state index in [0.717, 1.165) is 6.07 Å². The van der Waals surface area contributed by atoms with Crippen molar-refractivity contribution in [3.8, 4) is 0 Å². The molecule has 3 N–H and O–H groups in total. The van der Waals surface area contributed by atoms with Crippen molar-refractivity contribution in [1.29, 1.82) is 0 Å². The number of alkyl halides is 3. The molecule has 0 aliphatic heterocycles. The lowest BCUT2D eigenvalue weighted by atomic mass is 10.1. The smallest absolute Gasteiger partial charge is 0.418 e. The largest absolute Gasteiger partial charge is 0.480 e. The summed E-state index contributed by atoms with van der Waals surface area (Å²) in [5.74, 6) is -1.96. The molecule has 1 rings (SSSR count). The molecule has 0 aromatic heterocycles. The zero-order valence-corrected chi connectivity index (χ0v) is 11.5. The number of hydrogen-bond donors (Lipinski definition) is 3. The maximum Gasteiger partial charge on any atom is 0.418 e. The summed E-state index contributed by atoms with van der Waals surface area (Å²) < 4.78 is 38.6. The van der Waals surface area contributed by atoms with E-state index < -0.39 is 36.7 Å². The van der Waals surface area contributed by atoms with Crippen LogP contribution in [0.15, 0.2) is 22.7 Å². The lowest BCUT2D eigenvalue weighted by Crippen LogP contribution is -2.34. The normalized spacial score (nSPS) is 11.0. The first-order valence-corrected chi connectivity index (χ1v) is 6.08. The average molecular weight is 355 g/mol. The van der Waals surface area contributed by atoms with Crippen LogP contribution in [0.2, 0.25) is 0 Å². The number of nitrogens with one attached hydrogen (secondary N) is 2. The molecule has 0 radical (unpaired) electrons. The van der Waals surface area contributed by atoms with Gasteiger partial charge in [-0.15, -0.1) is 0 Å². The Bertz CT molecular complexity index is 520. The van der Waals surface area contributed by atoms with Gasteiger partial charge in [-0.3, -0.25) is 9.59 Å². The maximum absolute atomic E-state index is 12.7. The molecule has 0 saturated heterocycles. The van der Waals surface area contributed by atoms with Gasteiger partial charge in [0.25, 0.3) is 0 Å². The first kappa shape index (κ1) is 16.3. The summed E-state index contributed by atoms with van der Waals surface area (Å²) >= 11 is 3.03. The number of rotatable bonds is 5. The summed E-state index contributed by atoms with van der Waals surface area (Å²) in [7, 11) is 0. The number of carbonyl (C=O) groups is 2. The molecule has 0 fully saturated rings. The number of aliphatic carboxylic acids is 1. The number of amides is 1. The molecule has 0 atom stereocenters. The quantitative estimate of drug-likeness (QED) is 0.756. The molecular weight excluding hydrogens is 345 g/mol. The molecule has 0 unspecified atom stereocenters. The van der Waals surface area contributed by atoms with Crippen molar-refractivity contribution in [2.45, 2.75) is 6.18 Å². The van der Waals surface area contributed by atoms with Crippen LogP contribution >= 0.6 is 15.9 Å². The van der Waals surface area contributed by atoms with Crippen LogP contribution in [0.5, 0.6) is 0 Å². The number of carboxylic acid groups (broad SMARTS) is 1. The molecule has 5 nitrogen and oxygen atoms in total. The Labute approximate surface area is 120 Å². The van der Waals surface area contributed by atoms with E-state index in [2.05, 4.69) is 21.2 Å². The van der Waals surface area contributed by atoms with Gasteiger partial charge < -0.3 is 15.7 Å². The lowest BCUT2D eigenvalue weighted by molar-refractivity contribution is -0.137. The Balaban J connectivity index is 2.74. The third kappa shape index (κ3) is 5.08. The summed E-state index contributed by atoms with van der Waals surface area (Å²) in [6.07, 6.45) is -4.55. The topological polar surface area (TPSA) is 78.4 Å². The van der Waals surface area contributed by atoms with Crippen LogP contribution in [0.1, 0.15) is 5.56 Å². The highest BCUT2D eigenvalue weighted by molar-refractivity contribution is 9.10. The first-order chi connectivity index (χ1) is 9.20. The number of hydrogen-bond acceptors (Lipinski definition) is 3. The fourth-order valence-electron chi connectivity index (χ4n) is 1.32. The van der Waals surface area contributed by atoms with Gasteiger partial charge in [-0.25, -0.2) is 0 Å². The second-order valence-electron chi connectivity index (χ2n) is 3.71. The molecule has 1 aromatic carbocycles. The Kier molecular flexibility index (Phi) is 5.37. The van der Waals surface area contributed by atoms with Gasteiger partial charge in [-0.1, -0.05) is 15.9 Å². The minimum Gasteiger partial charge on any atom is -0.480 e. The Morgan fingerprint density at radius 1 is 1.25 bits per heavy atom. The number of carboxylic acids is 1. The average Bonchev–Trinajstić information content (AvgIpc) is 2.32. The van der Waals surface area contributed by atoms with Crippen molar-refractivity contribution >= 4 is 33.5 Å². The van der Waals surface area contributed by atoms with Crippen LogP contribution in [0.25, 0.3) is 0 Å². The van der Waals surface area contributed by atoms with Crippen molar-refractivity contribution in [2.24, 2.45) is 0 Å². The van der Waals surface area contributed by atoms with Gasteiger partial charge in [-0.05, 0) is 18.2 Å². The van der Waals surface area contributed by atoms with Gasteiger partial charge in [0, 0.05) is 10.2 Å². The molecule has 20 heavy (non-hydrogen) atoms. The van der Waals surface area contributed by atoms with Gasteiger partial charge in [0.2, 0.25) is 5.91 Å². The van der Waals surface area contributed by atoms with E-state index in [-0.39, 0.29) is 5.69 Å². The van der Waals surface area contributed by atoms with Crippen molar-refractivity contribution in [2.75, 3.05) is 18.4 Å². The van der Waals surface area contributed by atoms with Crippen LogP contribution in [-0.4, -0.2) is 30.1 Å². The van der Waals surface area contributed by atoms with Crippen LogP contribution < -0.4 is 10.6 Å². The summed E-state index contributed by atoms with van der Waals surface area (Å²) in [5.41, 5.74) is -1.18. The molecule has 1 aromatic rings. The predicted octanol–water partition coefficient (Wildman–Crippen LogP) is 2.08. The molecule has 9 heteroatoms. The molecule has 0 saturated carbocycles. The van der Waals surface area contributed by atoms with E-state index in [1.165, 1.54) is 12.1 Å². The van der Waals surface area contributed by atoms with Gasteiger partial charge in [-0.2, -0.15) is 13.2 Å². The standard InChI is InChI=1S/C11H10BrF3N2O3/c12-6-1-2-7(11(13,14)15)8(3-6)16-4-9(18)17-5-10(19)20/h1-3,16H,4-5H2,(H,17,18)(H,19,20). The van der Waals surface area contributed by atoms with E-state index in [1.54, 1.807) is 0 Å². The molecule has 0 aliphatic rings. The Hall–Kier alpha value is -1.77. The van der Waals surface area contributed by atoms with Crippen molar-refractivity contribution in [3.05, 3.63) is 28.2 Å². The Morgan fingerprint density at radius 3 is 2.45 bits per heavy atom. The van der Waals surface area contributed by atoms with Gasteiger partial charge >= 0.3 is 12.1 Å². The zero-order valence-electron chi connectivity index (χ0n) is 9.92. The summed E-state index contributed by atoms with van der Waals surface area (Å²) in [5, 5.41) is 12.7. The molecule has 0 aliphatic carbocycles. The minimum atomic E-state index is -4.55. The SMILES string of the molecule is O=C(O)CNC(=O)CNc1cc(Br)ccc1C(F)(F)F. The van der Waals surface area contributed by atoms with Gasteiger partial charge in [0.1, 0.15) is 6.54 Å². The van der Waals surface area contributed by atoms with Crippen LogP contribution in [-0.2, 0) is 15.8 Å². The summed E-state index contributed by atoms with van der Waals surface area (Å²) in [6, 6.07) is 3.30. The molecule has 0 heterocycles. The third-order valence-corrected chi connectivity index (χ3v) is 2.66. The van der Waals surface area contributed by atoms with E-state index in [4.69, 9.17) is 5.11 Å². The molecule has 1 amide bonds. The molecule has 0 bridgehead atoms.